The zero-order chi connectivity index (χ0) is 28.8. The van der Waals surface area contributed by atoms with Gasteiger partial charge in [0.2, 0.25) is 20.0 Å². The van der Waals surface area contributed by atoms with Gasteiger partial charge >= 0.3 is 0 Å². The van der Waals surface area contributed by atoms with Crippen LogP contribution in [0.2, 0.25) is 0 Å². The van der Waals surface area contributed by atoms with Crippen molar-refractivity contribution in [3.05, 3.63) is 78.4 Å². The number of ether oxygens (including phenoxy) is 1. The van der Waals surface area contributed by atoms with E-state index in [0.717, 1.165) is 23.4 Å². The first-order chi connectivity index (χ1) is 19.1. The third-order valence-electron chi connectivity index (χ3n) is 6.98. The van der Waals surface area contributed by atoms with Crippen molar-refractivity contribution in [1.82, 2.24) is 4.72 Å². The summed E-state index contributed by atoms with van der Waals surface area (Å²) in [5, 5.41) is 0. The number of hydrogen-bond acceptors (Lipinski definition) is 7. The number of anilines is 3. The molecule has 0 saturated carbocycles. The summed E-state index contributed by atoms with van der Waals surface area (Å²) in [5.41, 5.74) is 2.67. The predicted molar refractivity (Wildman–Crippen MR) is 161 cm³/mol. The molecular formula is C29H38N4O5S2. The second-order valence-corrected chi connectivity index (χ2v) is 13.4. The highest BCUT2D eigenvalue weighted by molar-refractivity contribution is 7.92. The normalized spacial score (nSPS) is 15.1. The van der Waals surface area contributed by atoms with Crippen LogP contribution in [0.3, 0.4) is 0 Å². The summed E-state index contributed by atoms with van der Waals surface area (Å²) < 4.78 is 63.3. The summed E-state index contributed by atoms with van der Waals surface area (Å²) >= 11 is 0. The van der Waals surface area contributed by atoms with Crippen molar-refractivity contribution in [2.24, 2.45) is 0 Å². The fourth-order valence-corrected chi connectivity index (χ4v) is 7.46. The number of hydrogen-bond donors (Lipinski definition) is 2. The zero-order valence-corrected chi connectivity index (χ0v) is 24.8. The topological polar surface area (TPSA) is 108 Å². The highest BCUT2D eigenvalue weighted by atomic mass is 32.2. The Kier molecular flexibility index (Phi) is 9.60. The molecule has 3 aromatic carbocycles. The Labute approximate surface area is 238 Å². The number of methoxy groups -OCH3 is 1. The third-order valence-corrected chi connectivity index (χ3v) is 9.92. The lowest BCUT2D eigenvalue weighted by Gasteiger charge is -2.38. The first kappa shape index (κ1) is 29.7. The van der Waals surface area contributed by atoms with Gasteiger partial charge in [-0.1, -0.05) is 43.7 Å². The number of nitrogens with one attached hydrogen (secondary N) is 2. The van der Waals surface area contributed by atoms with E-state index in [1.165, 1.54) is 6.07 Å². The summed E-state index contributed by atoms with van der Waals surface area (Å²) in [6.45, 7) is 6.31. The van der Waals surface area contributed by atoms with Gasteiger partial charge in [0.05, 0.1) is 18.6 Å². The van der Waals surface area contributed by atoms with E-state index in [0.29, 0.717) is 38.3 Å². The number of rotatable bonds is 12. The van der Waals surface area contributed by atoms with Crippen LogP contribution in [-0.4, -0.2) is 55.9 Å². The van der Waals surface area contributed by atoms with Gasteiger partial charge in [-0.05, 0) is 61.4 Å². The molecule has 2 N–H and O–H groups in total. The Balaban J connectivity index is 1.60. The maximum absolute atomic E-state index is 13.8. The van der Waals surface area contributed by atoms with Crippen molar-refractivity contribution in [2.75, 3.05) is 53.6 Å². The Hall–Kier alpha value is -3.28. The van der Waals surface area contributed by atoms with Crippen LogP contribution >= 0.6 is 0 Å². The second-order valence-electron chi connectivity index (χ2n) is 9.88. The molecule has 0 spiro atoms. The van der Waals surface area contributed by atoms with E-state index in [4.69, 9.17) is 4.74 Å². The lowest BCUT2D eigenvalue weighted by Crippen LogP contribution is -2.47. The molecule has 40 heavy (non-hydrogen) atoms. The van der Waals surface area contributed by atoms with Crippen LogP contribution in [0.1, 0.15) is 38.3 Å². The molecule has 4 rings (SSSR count). The third kappa shape index (κ3) is 7.47. The average Bonchev–Trinajstić information content (AvgIpc) is 2.96. The fraction of sp³-hybridized carbons (Fsp3) is 0.379. The van der Waals surface area contributed by atoms with Gasteiger partial charge in [-0.2, -0.15) is 0 Å². The first-order valence-corrected chi connectivity index (χ1v) is 16.6. The van der Waals surface area contributed by atoms with Crippen LogP contribution in [0.4, 0.5) is 17.1 Å². The average molecular weight is 587 g/mol. The summed E-state index contributed by atoms with van der Waals surface area (Å²) in [4.78, 5) is 4.33. The largest absolute Gasteiger partial charge is 0.497 e. The van der Waals surface area contributed by atoms with Crippen LogP contribution in [0.5, 0.6) is 5.75 Å². The second kappa shape index (κ2) is 12.9. The standard InChI is InChI=1S/C29H38N4O5S2/c1-4-5-21-39(34,35)31-25-11-16-28(29(22-25)40(36,37)30-23(2)24-9-7-6-8-10-24)33-19-17-32(18-20-33)26-12-14-27(38-3)15-13-26/h6-16,22-23,30-31H,4-5,17-21H2,1-3H3. The van der Waals surface area contributed by atoms with Crippen molar-refractivity contribution in [3.8, 4) is 5.75 Å². The highest BCUT2D eigenvalue weighted by Crippen LogP contribution is 2.32. The van der Waals surface area contributed by atoms with Crippen LogP contribution in [0, 0.1) is 0 Å². The molecule has 0 radical (unpaired) electrons. The molecule has 11 heteroatoms. The Bertz CT molecular complexity index is 1470. The van der Waals surface area contributed by atoms with E-state index in [-0.39, 0.29) is 16.3 Å². The van der Waals surface area contributed by atoms with Crippen molar-refractivity contribution in [1.29, 1.82) is 0 Å². The molecule has 0 aromatic heterocycles. The van der Waals surface area contributed by atoms with E-state index >= 15 is 0 Å². The molecule has 216 valence electrons. The number of piperazine rings is 1. The first-order valence-electron chi connectivity index (χ1n) is 13.5. The van der Waals surface area contributed by atoms with E-state index in [9.17, 15) is 16.8 Å². The van der Waals surface area contributed by atoms with Crippen molar-refractivity contribution in [3.63, 3.8) is 0 Å². The summed E-state index contributed by atoms with van der Waals surface area (Å²) in [6.07, 6.45) is 1.26. The quantitative estimate of drug-likeness (QED) is 0.319. The number of unbranched alkanes of at least 4 members (excludes halogenated alkanes) is 1. The van der Waals surface area contributed by atoms with Crippen LogP contribution in [0.15, 0.2) is 77.7 Å². The molecule has 1 unspecified atom stereocenters. The van der Waals surface area contributed by atoms with E-state index in [1.807, 2.05) is 66.4 Å². The van der Waals surface area contributed by atoms with Gasteiger partial charge in [-0.15, -0.1) is 0 Å². The molecule has 3 aromatic rings. The Morgan fingerprint density at radius 2 is 1.52 bits per heavy atom. The summed E-state index contributed by atoms with van der Waals surface area (Å²) in [5.74, 6) is 0.768. The molecular weight excluding hydrogens is 548 g/mol. The van der Waals surface area contributed by atoms with Crippen molar-refractivity contribution < 1.29 is 21.6 Å². The molecule has 0 aliphatic carbocycles. The molecule has 1 aliphatic heterocycles. The Morgan fingerprint density at radius 1 is 0.875 bits per heavy atom. The van der Waals surface area contributed by atoms with Gasteiger partial charge in [0.1, 0.15) is 10.6 Å². The van der Waals surface area contributed by atoms with Gasteiger partial charge < -0.3 is 14.5 Å². The van der Waals surface area contributed by atoms with Gasteiger partial charge in [0.25, 0.3) is 0 Å². The zero-order valence-electron chi connectivity index (χ0n) is 23.2. The summed E-state index contributed by atoms with van der Waals surface area (Å²) in [6, 6.07) is 21.5. The fourth-order valence-electron chi connectivity index (χ4n) is 4.72. The smallest absolute Gasteiger partial charge is 0.243 e. The maximum Gasteiger partial charge on any atom is 0.243 e. The molecule has 1 atom stereocenters. The van der Waals surface area contributed by atoms with Gasteiger partial charge in [0, 0.05) is 43.6 Å². The monoisotopic (exact) mass is 586 g/mol. The van der Waals surface area contributed by atoms with E-state index in [2.05, 4.69) is 14.3 Å². The van der Waals surface area contributed by atoms with Crippen LogP contribution in [-0.2, 0) is 20.0 Å². The number of benzene rings is 3. The van der Waals surface area contributed by atoms with Crippen LogP contribution in [0.25, 0.3) is 0 Å². The molecule has 0 amide bonds. The minimum atomic E-state index is -4.01. The molecule has 0 bridgehead atoms. The van der Waals surface area contributed by atoms with E-state index in [1.54, 1.807) is 26.2 Å². The molecule has 1 aliphatic rings. The molecule has 9 nitrogen and oxygen atoms in total. The van der Waals surface area contributed by atoms with Crippen LogP contribution < -0.4 is 24.0 Å². The lowest BCUT2D eigenvalue weighted by atomic mass is 10.1. The minimum Gasteiger partial charge on any atom is -0.497 e. The maximum atomic E-state index is 13.8. The van der Waals surface area contributed by atoms with Gasteiger partial charge in [0.15, 0.2) is 0 Å². The van der Waals surface area contributed by atoms with Gasteiger partial charge in [-0.3, -0.25) is 4.72 Å². The molecule has 1 fully saturated rings. The SMILES string of the molecule is CCCCS(=O)(=O)Nc1ccc(N2CCN(c3ccc(OC)cc3)CC2)c(S(=O)(=O)NC(C)c2ccccc2)c1. The van der Waals surface area contributed by atoms with E-state index < -0.39 is 26.1 Å². The Morgan fingerprint density at radius 3 is 2.15 bits per heavy atom. The minimum absolute atomic E-state index is 0.0239. The van der Waals surface area contributed by atoms with Gasteiger partial charge in [-0.25, -0.2) is 21.6 Å². The molecule has 1 saturated heterocycles. The number of nitrogens with zero attached hydrogens (tertiary/aromatic N) is 2. The predicted octanol–water partition coefficient (Wildman–Crippen LogP) is 4.60. The lowest BCUT2D eigenvalue weighted by molar-refractivity contribution is 0.415. The van der Waals surface area contributed by atoms with Crippen molar-refractivity contribution in [2.45, 2.75) is 37.6 Å². The highest BCUT2D eigenvalue weighted by Gasteiger charge is 2.27. The number of sulfonamides is 2. The van der Waals surface area contributed by atoms with Crippen molar-refractivity contribution >= 4 is 37.1 Å². The molecule has 1 heterocycles. The summed E-state index contributed by atoms with van der Waals surface area (Å²) in [7, 11) is -5.98.